The summed E-state index contributed by atoms with van der Waals surface area (Å²) in [5, 5.41) is 13.8. The van der Waals surface area contributed by atoms with Gasteiger partial charge in [-0.1, -0.05) is 0 Å². The van der Waals surface area contributed by atoms with Gasteiger partial charge in [-0.05, 0) is 34.5 Å². The largest absolute Gasteiger partial charge is 0.504 e. The second-order valence-corrected chi connectivity index (χ2v) is 4.77. The second-order valence-electron chi connectivity index (χ2n) is 2.73. The van der Waals surface area contributed by atoms with Crippen molar-refractivity contribution in [2.75, 3.05) is 5.75 Å². The zero-order valence-electron chi connectivity index (χ0n) is 6.40. The van der Waals surface area contributed by atoms with Gasteiger partial charge in [-0.15, -0.1) is 11.8 Å². The quantitative estimate of drug-likeness (QED) is 0.830. The topological polar surface area (TPSA) is 38.1 Å². The third kappa shape index (κ3) is 1.35. The number of nitrogens with zero attached hydrogens (tertiary/aromatic N) is 2. The summed E-state index contributed by atoms with van der Waals surface area (Å²) in [7, 11) is 0. The number of aromatic nitrogens is 2. The first kappa shape index (κ1) is 8.44. The average Bonchev–Trinajstić information content (AvgIpc) is 2.64. The van der Waals surface area contributed by atoms with Crippen molar-refractivity contribution in [1.29, 1.82) is 0 Å². The van der Waals surface area contributed by atoms with Crippen LogP contribution in [-0.4, -0.2) is 20.6 Å². The molecule has 1 aromatic rings. The average molecular weight is 249 g/mol. The molecule has 1 unspecified atom stereocenters. The lowest BCUT2D eigenvalue weighted by atomic mass is 10.3. The van der Waals surface area contributed by atoms with E-state index in [1.807, 2.05) is 16.4 Å². The minimum atomic E-state index is 0.225. The van der Waals surface area contributed by atoms with E-state index in [1.54, 1.807) is 0 Å². The number of hydrogen-bond donors (Lipinski definition) is 1. The van der Waals surface area contributed by atoms with E-state index < -0.39 is 0 Å². The Morgan fingerprint density at radius 3 is 3.08 bits per heavy atom. The van der Waals surface area contributed by atoms with Crippen molar-refractivity contribution in [2.45, 2.75) is 18.2 Å². The molecule has 0 amide bonds. The van der Waals surface area contributed by atoms with Crippen LogP contribution in [0.2, 0.25) is 0 Å². The Balaban J connectivity index is 2.26. The van der Waals surface area contributed by atoms with E-state index in [-0.39, 0.29) is 5.75 Å². The molecular weight excluding hydrogens is 240 g/mol. The third-order valence-corrected chi connectivity index (χ3v) is 4.01. The molecule has 1 fully saturated rings. The van der Waals surface area contributed by atoms with E-state index in [9.17, 15) is 5.11 Å². The molecule has 0 saturated carbocycles. The molecule has 5 heteroatoms. The lowest BCUT2D eigenvalue weighted by Gasteiger charge is -2.09. The zero-order valence-corrected chi connectivity index (χ0v) is 8.81. The Morgan fingerprint density at radius 1 is 1.75 bits per heavy atom. The van der Waals surface area contributed by atoms with Gasteiger partial charge in [-0.2, -0.15) is 5.10 Å². The SMILES string of the molecule is Oc1cnn(C2CCCS2)c1Br. The Kier molecular flexibility index (Phi) is 2.32. The summed E-state index contributed by atoms with van der Waals surface area (Å²) < 4.78 is 2.54. The van der Waals surface area contributed by atoms with Crippen molar-refractivity contribution in [1.82, 2.24) is 9.78 Å². The summed E-state index contributed by atoms with van der Waals surface area (Å²) in [5.41, 5.74) is 0. The van der Waals surface area contributed by atoms with E-state index in [0.29, 0.717) is 9.98 Å². The van der Waals surface area contributed by atoms with Crippen molar-refractivity contribution in [2.24, 2.45) is 0 Å². The Morgan fingerprint density at radius 2 is 2.58 bits per heavy atom. The molecule has 3 nitrogen and oxygen atoms in total. The van der Waals surface area contributed by atoms with Crippen molar-refractivity contribution in [3.63, 3.8) is 0 Å². The van der Waals surface area contributed by atoms with Gasteiger partial charge in [-0.25, -0.2) is 4.68 Å². The van der Waals surface area contributed by atoms with Gasteiger partial charge < -0.3 is 5.11 Å². The van der Waals surface area contributed by atoms with Gasteiger partial charge in [-0.3, -0.25) is 0 Å². The summed E-state index contributed by atoms with van der Waals surface area (Å²) in [6.07, 6.45) is 3.86. The van der Waals surface area contributed by atoms with Gasteiger partial charge in [0.15, 0.2) is 5.75 Å². The molecule has 0 spiro atoms. The maximum atomic E-state index is 9.26. The van der Waals surface area contributed by atoms with Gasteiger partial charge in [0.2, 0.25) is 0 Å². The number of rotatable bonds is 1. The highest BCUT2D eigenvalue weighted by atomic mass is 79.9. The molecule has 1 aliphatic heterocycles. The van der Waals surface area contributed by atoms with Crippen molar-refractivity contribution in [3.8, 4) is 5.75 Å². The Bertz CT molecular complexity index is 283. The first-order valence-corrected chi connectivity index (χ1v) is 5.67. The fourth-order valence-electron chi connectivity index (χ4n) is 1.29. The molecule has 2 rings (SSSR count). The van der Waals surface area contributed by atoms with Crippen molar-refractivity contribution < 1.29 is 5.11 Å². The van der Waals surface area contributed by atoms with Crippen LogP contribution < -0.4 is 0 Å². The van der Waals surface area contributed by atoms with Crippen molar-refractivity contribution in [3.05, 3.63) is 10.8 Å². The second kappa shape index (κ2) is 3.30. The lowest BCUT2D eigenvalue weighted by molar-refractivity contribution is 0.467. The van der Waals surface area contributed by atoms with Gasteiger partial charge in [0.25, 0.3) is 0 Å². The predicted octanol–water partition coefficient (Wildman–Crippen LogP) is 2.38. The number of thioether (sulfide) groups is 1. The molecule has 0 aliphatic carbocycles. The van der Waals surface area contributed by atoms with E-state index >= 15 is 0 Å². The highest BCUT2D eigenvalue weighted by Gasteiger charge is 2.21. The van der Waals surface area contributed by atoms with Gasteiger partial charge in [0.1, 0.15) is 4.60 Å². The van der Waals surface area contributed by atoms with E-state index in [1.165, 1.54) is 18.4 Å². The van der Waals surface area contributed by atoms with Crippen molar-refractivity contribution >= 4 is 27.7 Å². The van der Waals surface area contributed by atoms with Crippen LogP contribution in [0.25, 0.3) is 0 Å². The van der Waals surface area contributed by atoms with Crippen LogP contribution in [0.4, 0.5) is 0 Å². The smallest absolute Gasteiger partial charge is 0.168 e. The van der Waals surface area contributed by atoms with Crippen LogP contribution in [0.3, 0.4) is 0 Å². The molecule has 2 heterocycles. The fourth-order valence-corrected chi connectivity index (χ4v) is 3.11. The first-order chi connectivity index (χ1) is 5.79. The maximum Gasteiger partial charge on any atom is 0.168 e. The number of hydrogen-bond acceptors (Lipinski definition) is 3. The van der Waals surface area contributed by atoms with Crippen LogP contribution in [-0.2, 0) is 0 Å². The van der Waals surface area contributed by atoms with Crippen LogP contribution in [0, 0.1) is 0 Å². The van der Waals surface area contributed by atoms with Gasteiger partial charge >= 0.3 is 0 Å². The molecule has 0 aromatic carbocycles. The molecular formula is C7H9BrN2OS. The summed E-state index contributed by atoms with van der Waals surface area (Å²) in [6.45, 7) is 0. The van der Waals surface area contributed by atoms with E-state index in [0.717, 1.165) is 6.42 Å². The van der Waals surface area contributed by atoms with E-state index in [2.05, 4.69) is 21.0 Å². The van der Waals surface area contributed by atoms with Crippen LogP contribution >= 0.6 is 27.7 Å². The summed E-state index contributed by atoms with van der Waals surface area (Å²) in [5.74, 6) is 1.42. The summed E-state index contributed by atoms with van der Waals surface area (Å²) >= 11 is 5.18. The molecule has 0 radical (unpaired) electrons. The highest BCUT2D eigenvalue weighted by molar-refractivity contribution is 9.10. The maximum absolute atomic E-state index is 9.26. The zero-order chi connectivity index (χ0) is 8.55. The summed E-state index contributed by atoms with van der Waals surface area (Å²) in [6, 6.07) is 0. The molecule has 12 heavy (non-hydrogen) atoms. The van der Waals surface area contributed by atoms with Crippen LogP contribution in [0.1, 0.15) is 18.2 Å². The molecule has 1 aromatic heterocycles. The molecule has 1 N–H and O–H groups in total. The van der Waals surface area contributed by atoms with Gasteiger partial charge in [0, 0.05) is 0 Å². The Labute approximate surface area is 83.3 Å². The summed E-state index contributed by atoms with van der Waals surface area (Å²) in [4.78, 5) is 0. The lowest BCUT2D eigenvalue weighted by Crippen LogP contribution is -2.03. The highest BCUT2D eigenvalue weighted by Crippen LogP contribution is 2.38. The first-order valence-electron chi connectivity index (χ1n) is 3.82. The standard InChI is InChI=1S/C7H9BrN2OS/c8-7-5(11)4-9-10(7)6-2-1-3-12-6/h4,6,11H,1-3H2. The number of aromatic hydroxyl groups is 1. The van der Waals surface area contributed by atoms with E-state index in [4.69, 9.17) is 0 Å². The molecule has 0 bridgehead atoms. The molecule has 66 valence electrons. The molecule has 1 atom stereocenters. The van der Waals surface area contributed by atoms with Gasteiger partial charge in [0.05, 0.1) is 11.6 Å². The normalized spacial score (nSPS) is 23.2. The molecule has 1 aliphatic rings. The minimum Gasteiger partial charge on any atom is -0.504 e. The number of halogens is 1. The van der Waals surface area contributed by atoms with Crippen LogP contribution in [0.15, 0.2) is 10.8 Å². The molecule has 1 saturated heterocycles. The Hall–Kier alpha value is -0.160. The van der Waals surface area contributed by atoms with Crippen LogP contribution in [0.5, 0.6) is 5.75 Å². The minimum absolute atomic E-state index is 0.225. The fraction of sp³-hybridized carbons (Fsp3) is 0.571. The monoisotopic (exact) mass is 248 g/mol. The predicted molar refractivity (Wildman–Crippen MR) is 52.3 cm³/mol. The third-order valence-electron chi connectivity index (χ3n) is 1.90.